The average molecular weight is 422 g/mol. The third-order valence-corrected chi connectivity index (χ3v) is 5.57. The van der Waals surface area contributed by atoms with Gasteiger partial charge in [0.2, 0.25) is 0 Å². The van der Waals surface area contributed by atoms with Crippen molar-refractivity contribution in [2.45, 2.75) is 17.6 Å². The molecule has 1 aliphatic heterocycles. The molecule has 0 saturated carbocycles. The molecule has 0 fully saturated rings. The van der Waals surface area contributed by atoms with Crippen molar-refractivity contribution in [1.29, 1.82) is 0 Å². The van der Waals surface area contributed by atoms with E-state index in [-0.39, 0.29) is 23.5 Å². The normalized spacial score (nSPS) is 15.7. The van der Waals surface area contributed by atoms with Gasteiger partial charge in [-0.25, -0.2) is 19.4 Å². The van der Waals surface area contributed by atoms with Crippen LogP contribution in [0.1, 0.15) is 23.6 Å². The highest BCUT2D eigenvalue weighted by Crippen LogP contribution is 2.34. The molecule has 3 aromatic rings. The number of halogens is 1. The van der Waals surface area contributed by atoms with Crippen LogP contribution in [0.3, 0.4) is 0 Å². The van der Waals surface area contributed by atoms with E-state index in [0.29, 0.717) is 11.6 Å². The maximum atomic E-state index is 13.4. The summed E-state index contributed by atoms with van der Waals surface area (Å²) in [7, 11) is 1.61. The second kappa shape index (κ2) is 9.04. The van der Waals surface area contributed by atoms with E-state index in [0.717, 1.165) is 22.6 Å². The summed E-state index contributed by atoms with van der Waals surface area (Å²) in [5.41, 5.74) is 2.54. The van der Waals surface area contributed by atoms with Gasteiger partial charge < -0.3 is 4.74 Å². The number of ether oxygens (including phenoxy) is 1. The minimum Gasteiger partial charge on any atom is -0.497 e. The van der Waals surface area contributed by atoms with Gasteiger partial charge in [-0.05, 0) is 53.6 Å². The fourth-order valence-electron chi connectivity index (χ4n) is 3.20. The van der Waals surface area contributed by atoms with Crippen molar-refractivity contribution in [2.75, 3.05) is 12.9 Å². The zero-order valence-corrected chi connectivity index (χ0v) is 17.1. The third kappa shape index (κ3) is 4.49. The first-order valence-electron chi connectivity index (χ1n) is 9.33. The monoisotopic (exact) mass is 422 g/mol. The van der Waals surface area contributed by atoms with Gasteiger partial charge in [0.1, 0.15) is 11.6 Å². The van der Waals surface area contributed by atoms with Crippen LogP contribution < -0.4 is 4.74 Å². The molecule has 2 heterocycles. The summed E-state index contributed by atoms with van der Waals surface area (Å²) >= 11 is 1.26. The van der Waals surface area contributed by atoms with Crippen LogP contribution in [0.5, 0.6) is 5.75 Å². The van der Waals surface area contributed by atoms with Crippen molar-refractivity contribution in [3.8, 4) is 5.75 Å². The minimum atomic E-state index is -0.317. The number of hydrogen-bond donors (Lipinski definition) is 0. The molecule has 1 amide bonds. The Bertz CT molecular complexity index is 1040. The van der Waals surface area contributed by atoms with E-state index < -0.39 is 0 Å². The quantitative estimate of drug-likeness (QED) is 0.442. The lowest BCUT2D eigenvalue weighted by molar-refractivity contribution is -0.130. The van der Waals surface area contributed by atoms with Gasteiger partial charge in [-0.2, -0.15) is 5.10 Å². The molecule has 0 N–H and O–H groups in total. The summed E-state index contributed by atoms with van der Waals surface area (Å²) < 4.78 is 18.6. The van der Waals surface area contributed by atoms with Gasteiger partial charge in [-0.3, -0.25) is 4.79 Å². The van der Waals surface area contributed by atoms with Crippen molar-refractivity contribution in [3.63, 3.8) is 0 Å². The van der Waals surface area contributed by atoms with E-state index in [4.69, 9.17) is 4.74 Å². The molecular weight excluding hydrogens is 403 g/mol. The van der Waals surface area contributed by atoms with Crippen LogP contribution in [0.25, 0.3) is 0 Å². The number of benzene rings is 2. The van der Waals surface area contributed by atoms with Gasteiger partial charge in [-0.15, -0.1) is 0 Å². The lowest BCUT2D eigenvalue weighted by atomic mass is 9.98. The maximum Gasteiger partial charge on any atom is 0.253 e. The Balaban J connectivity index is 1.58. The summed E-state index contributed by atoms with van der Waals surface area (Å²) in [6.07, 6.45) is 3.81. The molecule has 0 saturated heterocycles. The number of rotatable bonds is 6. The molecule has 2 aromatic carbocycles. The molecule has 1 aromatic heterocycles. The molecule has 0 unspecified atom stereocenters. The highest BCUT2D eigenvalue weighted by molar-refractivity contribution is 7.99. The number of aromatic nitrogens is 2. The molecule has 152 valence electrons. The fourth-order valence-corrected chi connectivity index (χ4v) is 3.85. The Labute approximate surface area is 177 Å². The van der Waals surface area contributed by atoms with Gasteiger partial charge in [0, 0.05) is 18.8 Å². The molecular formula is C22H19FN4O2S. The van der Waals surface area contributed by atoms with Gasteiger partial charge in [-0.1, -0.05) is 23.9 Å². The van der Waals surface area contributed by atoms with Crippen molar-refractivity contribution >= 4 is 23.4 Å². The molecule has 30 heavy (non-hydrogen) atoms. The van der Waals surface area contributed by atoms with E-state index in [9.17, 15) is 9.18 Å². The first kappa shape index (κ1) is 20.0. The standard InChI is InChI=1S/C22H19FN4O2S/c1-29-18-9-5-15(6-10-18)19-13-20(16-3-7-17(23)8-4-16)27(26-19)21(28)14-30-22-24-11-2-12-25-22/h2-12,20H,13-14H2,1H3/t20-/m0/s1. The number of nitrogens with zero attached hydrogens (tertiary/aromatic N) is 4. The molecule has 6 nitrogen and oxygen atoms in total. The predicted molar refractivity (Wildman–Crippen MR) is 113 cm³/mol. The lowest BCUT2D eigenvalue weighted by Gasteiger charge is -2.21. The van der Waals surface area contributed by atoms with Crippen LogP contribution in [-0.4, -0.2) is 39.5 Å². The van der Waals surface area contributed by atoms with Gasteiger partial charge >= 0.3 is 0 Å². The summed E-state index contributed by atoms with van der Waals surface area (Å²) in [6.45, 7) is 0. The molecule has 0 radical (unpaired) electrons. The van der Waals surface area contributed by atoms with Crippen LogP contribution in [0.15, 0.2) is 77.2 Å². The molecule has 8 heteroatoms. The van der Waals surface area contributed by atoms with Crippen LogP contribution in [0.4, 0.5) is 4.39 Å². The molecule has 1 aliphatic rings. The van der Waals surface area contributed by atoms with E-state index in [1.165, 1.54) is 28.9 Å². The van der Waals surface area contributed by atoms with E-state index in [2.05, 4.69) is 15.1 Å². The second-order valence-electron chi connectivity index (χ2n) is 6.61. The number of carbonyl (C=O) groups is 1. The Morgan fingerprint density at radius 3 is 2.50 bits per heavy atom. The number of methoxy groups -OCH3 is 1. The van der Waals surface area contributed by atoms with Gasteiger partial charge in [0.15, 0.2) is 5.16 Å². The zero-order chi connectivity index (χ0) is 20.9. The minimum absolute atomic E-state index is 0.154. The van der Waals surface area contributed by atoms with E-state index in [1.54, 1.807) is 37.7 Å². The number of thioether (sulfide) groups is 1. The molecule has 0 bridgehead atoms. The summed E-state index contributed by atoms with van der Waals surface area (Å²) in [5, 5.41) is 6.64. The summed E-state index contributed by atoms with van der Waals surface area (Å²) in [6, 6.07) is 15.2. The van der Waals surface area contributed by atoms with Crippen LogP contribution >= 0.6 is 11.8 Å². The van der Waals surface area contributed by atoms with E-state index in [1.807, 2.05) is 24.3 Å². The predicted octanol–water partition coefficient (Wildman–Crippen LogP) is 4.09. The highest BCUT2D eigenvalue weighted by atomic mass is 32.2. The number of hydrazone groups is 1. The molecule has 0 spiro atoms. The lowest BCUT2D eigenvalue weighted by Crippen LogP contribution is -2.28. The highest BCUT2D eigenvalue weighted by Gasteiger charge is 2.33. The number of carbonyl (C=O) groups excluding carboxylic acids is 1. The molecule has 4 rings (SSSR count). The number of hydrogen-bond acceptors (Lipinski definition) is 6. The third-order valence-electron chi connectivity index (χ3n) is 4.71. The first-order chi connectivity index (χ1) is 14.6. The Morgan fingerprint density at radius 1 is 1.13 bits per heavy atom. The summed E-state index contributed by atoms with van der Waals surface area (Å²) in [4.78, 5) is 21.3. The molecule has 1 atom stereocenters. The SMILES string of the molecule is COc1ccc(C2=NN(C(=O)CSc3ncccn3)[C@H](c3ccc(F)cc3)C2)cc1. The van der Waals surface area contributed by atoms with Crippen molar-refractivity contribution in [1.82, 2.24) is 15.0 Å². The van der Waals surface area contributed by atoms with Crippen LogP contribution in [0, 0.1) is 5.82 Å². The molecule has 0 aliphatic carbocycles. The van der Waals surface area contributed by atoms with Crippen LogP contribution in [0.2, 0.25) is 0 Å². The second-order valence-corrected chi connectivity index (χ2v) is 7.55. The van der Waals surface area contributed by atoms with Gasteiger partial charge in [0.25, 0.3) is 5.91 Å². The summed E-state index contributed by atoms with van der Waals surface area (Å²) in [5.74, 6) is 0.425. The first-order valence-corrected chi connectivity index (χ1v) is 10.3. The Kier molecular flexibility index (Phi) is 6.04. The fraction of sp³-hybridized carbons (Fsp3) is 0.182. The zero-order valence-electron chi connectivity index (χ0n) is 16.2. The van der Waals surface area contributed by atoms with E-state index >= 15 is 0 Å². The largest absolute Gasteiger partial charge is 0.497 e. The van der Waals surface area contributed by atoms with Gasteiger partial charge in [0.05, 0.1) is 24.6 Å². The van der Waals surface area contributed by atoms with Crippen molar-refractivity contribution in [3.05, 3.63) is 83.9 Å². The van der Waals surface area contributed by atoms with Crippen molar-refractivity contribution < 1.29 is 13.9 Å². The number of amides is 1. The van der Waals surface area contributed by atoms with Crippen molar-refractivity contribution in [2.24, 2.45) is 5.10 Å². The Hall–Kier alpha value is -3.26. The average Bonchev–Trinajstić information content (AvgIpc) is 3.24. The van der Waals surface area contributed by atoms with Crippen LogP contribution in [-0.2, 0) is 4.79 Å². The topological polar surface area (TPSA) is 67.7 Å². The maximum absolute atomic E-state index is 13.4. The smallest absolute Gasteiger partial charge is 0.253 e. The Morgan fingerprint density at radius 2 is 1.83 bits per heavy atom.